The second-order valence-electron chi connectivity index (χ2n) is 7.21. The Labute approximate surface area is 193 Å². The predicted molar refractivity (Wildman–Crippen MR) is 128 cm³/mol. The van der Waals surface area contributed by atoms with Crippen molar-refractivity contribution in [3.63, 3.8) is 0 Å². The van der Waals surface area contributed by atoms with Crippen LogP contribution in [0.2, 0.25) is 5.02 Å². The van der Waals surface area contributed by atoms with Gasteiger partial charge in [-0.15, -0.1) is 10.2 Å². The third-order valence-corrected chi connectivity index (χ3v) is 6.35. The first-order valence-electron chi connectivity index (χ1n) is 10.0. The van der Waals surface area contributed by atoms with Gasteiger partial charge in [-0.3, -0.25) is 9.36 Å². The van der Waals surface area contributed by atoms with Crippen LogP contribution in [0.5, 0.6) is 0 Å². The summed E-state index contributed by atoms with van der Waals surface area (Å²) in [5, 5.41) is 10.7. The van der Waals surface area contributed by atoms with Crippen LogP contribution in [0.1, 0.15) is 18.0 Å². The maximum Gasteiger partial charge on any atom is 0.258 e. The number of aromatic amines is 1. The highest BCUT2D eigenvalue weighted by Crippen LogP contribution is 2.36. The molecule has 0 aliphatic carbocycles. The summed E-state index contributed by atoms with van der Waals surface area (Å²) < 4.78 is 1.99. The van der Waals surface area contributed by atoms with Crippen molar-refractivity contribution in [3.05, 3.63) is 100 Å². The molecule has 1 atom stereocenters. The first-order valence-corrected chi connectivity index (χ1v) is 11.3. The average molecular weight is 460 g/mol. The van der Waals surface area contributed by atoms with E-state index in [4.69, 9.17) is 11.6 Å². The third-order valence-electron chi connectivity index (χ3n) is 5.05. The summed E-state index contributed by atoms with van der Waals surface area (Å²) in [5.41, 5.74) is 2.37. The van der Waals surface area contributed by atoms with E-state index in [1.165, 1.54) is 11.8 Å². The summed E-state index contributed by atoms with van der Waals surface area (Å²) in [6, 6.07) is 24.8. The average Bonchev–Trinajstić information content (AvgIpc) is 3.23. The van der Waals surface area contributed by atoms with E-state index >= 15 is 0 Å². The Morgan fingerprint density at radius 2 is 1.66 bits per heavy atom. The molecule has 0 fully saturated rings. The molecule has 5 aromatic rings. The Balaban J connectivity index is 1.57. The van der Waals surface area contributed by atoms with Crippen LogP contribution in [0.3, 0.4) is 0 Å². The molecule has 8 heteroatoms. The number of para-hydroxylation sites is 1. The standard InChI is InChI=1S/C24H18ClN5OS/c1-15(21-26-20-10-6-5-9-19(20)23(31)27-21)32-24-29-28-22(16-7-3-2-4-8-16)30(24)18-13-11-17(25)12-14-18/h2-15H,1H3,(H,26,27,31). The van der Waals surface area contributed by atoms with Gasteiger partial charge in [-0.05, 0) is 43.3 Å². The lowest BCUT2D eigenvalue weighted by Gasteiger charge is -2.14. The van der Waals surface area contributed by atoms with Crippen LogP contribution in [0.15, 0.2) is 88.8 Å². The summed E-state index contributed by atoms with van der Waals surface area (Å²) in [4.78, 5) is 20.1. The topological polar surface area (TPSA) is 76.5 Å². The normalized spacial score (nSPS) is 12.2. The summed E-state index contributed by atoms with van der Waals surface area (Å²) >= 11 is 7.59. The number of hydrogen-bond donors (Lipinski definition) is 1. The number of benzene rings is 3. The van der Waals surface area contributed by atoms with Gasteiger partial charge in [0.2, 0.25) is 0 Å². The number of thioether (sulfide) groups is 1. The molecule has 2 aromatic heterocycles. The number of rotatable bonds is 5. The van der Waals surface area contributed by atoms with Crippen LogP contribution in [-0.2, 0) is 0 Å². The number of hydrogen-bond acceptors (Lipinski definition) is 5. The Morgan fingerprint density at radius 3 is 2.44 bits per heavy atom. The number of aromatic nitrogens is 5. The van der Waals surface area contributed by atoms with Crippen LogP contribution in [-0.4, -0.2) is 24.7 Å². The maximum absolute atomic E-state index is 12.5. The molecule has 6 nitrogen and oxygen atoms in total. The van der Waals surface area contributed by atoms with Gasteiger partial charge in [0, 0.05) is 16.3 Å². The van der Waals surface area contributed by atoms with Crippen LogP contribution < -0.4 is 5.56 Å². The van der Waals surface area contributed by atoms with E-state index in [0.29, 0.717) is 26.9 Å². The fourth-order valence-electron chi connectivity index (χ4n) is 3.45. The Hall–Kier alpha value is -3.42. The number of nitrogens with one attached hydrogen (secondary N) is 1. The maximum atomic E-state index is 12.5. The lowest BCUT2D eigenvalue weighted by Crippen LogP contribution is -2.13. The zero-order chi connectivity index (χ0) is 22.1. The molecule has 0 saturated carbocycles. The van der Waals surface area contributed by atoms with E-state index < -0.39 is 0 Å². The summed E-state index contributed by atoms with van der Waals surface area (Å²) in [6.07, 6.45) is 0. The van der Waals surface area contributed by atoms with Crippen molar-refractivity contribution < 1.29 is 0 Å². The molecule has 2 heterocycles. The SMILES string of the molecule is CC(Sc1nnc(-c2ccccc2)n1-c1ccc(Cl)cc1)c1nc2ccccc2c(=O)[nH]1. The molecule has 32 heavy (non-hydrogen) atoms. The van der Waals surface area contributed by atoms with E-state index in [1.807, 2.05) is 84.3 Å². The minimum absolute atomic E-state index is 0.151. The minimum atomic E-state index is -0.161. The smallest absolute Gasteiger partial charge is 0.258 e. The minimum Gasteiger partial charge on any atom is -0.309 e. The van der Waals surface area contributed by atoms with Gasteiger partial charge in [0.05, 0.1) is 16.2 Å². The number of halogens is 1. The molecule has 0 saturated heterocycles. The molecule has 0 amide bonds. The van der Waals surface area contributed by atoms with E-state index in [1.54, 1.807) is 6.07 Å². The zero-order valence-electron chi connectivity index (χ0n) is 17.1. The molecule has 3 aromatic carbocycles. The van der Waals surface area contributed by atoms with Crippen molar-refractivity contribution in [3.8, 4) is 17.1 Å². The molecule has 0 aliphatic heterocycles. The highest BCUT2D eigenvalue weighted by atomic mass is 35.5. The molecular formula is C24H18ClN5OS. The van der Waals surface area contributed by atoms with Gasteiger partial charge in [0.25, 0.3) is 5.56 Å². The molecule has 0 spiro atoms. The Bertz CT molecular complexity index is 1450. The van der Waals surface area contributed by atoms with Crippen LogP contribution in [0, 0.1) is 0 Å². The third kappa shape index (κ3) is 3.92. The van der Waals surface area contributed by atoms with Gasteiger partial charge in [-0.1, -0.05) is 65.8 Å². The highest BCUT2D eigenvalue weighted by molar-refractivity contribution is 7.99. The molecule has 1 N–H and O–H groups in total. The predicted octanol–water partition coefficient (Wildman–Crippen LogP) is 5.68. The lowest BCUT2D eigenvalue weighted by molar-refractivity contribution is 0.862. The Morgan fingerprint density at radius 1 is 0.938 bits per heavy atom. The van der Waals surface area contributed by atoms with Gasteiger partial charge < -0.3 is 4.98 Å². The van der Waals surface area contributed by atoms with Gasteiger partial charge >= 0.3 is 0 Å². The van der Waals surface area contributed by atoms with Gasteiger partial charge in [-0.25, -0.2) is 4.98 Å². The van der Waals surface area contributed by atoms with E-state index in [-0.39, 0.29) is 10.8 Å². The van der Waals surface area contributed by atoms with Crippen LogP contribution in [0.25, 0.3) is 28.0 Å². The van der Waals surface area contributed by atoms with Crippen molar-refractivity contribution in [2.45, 2.75) is 17.3 Å². The van der Waals surface area contributed by atoms with Crippen molar-refractivity contribution in [2.75, 3.05) is 0 Å². The monoisotopic (exact) mass is 459 g/mol. The fourth-order valence-corrected chi connectivity index (χ4v) is 4.51. The molecule has 158 valence electrons. The second kappa shape index (κ2) is 8.61. The molecular weight excluding hydrogens is 442 g/mol. The molecule has 0 radical (unpaired) electrons. The highest BCUT2D eigenvalue weighted by Gasteiger charge is 2.20. The van der Waals surface area contributed by atoms with Crippen molar-refractivity contribution >= 4 is 34.3 Å². The first-order chi connectivity index (χ1) is 15.6. The van der Waals surface area contributed by atoms with Gasteiger partial charge in [0.1, 0.15) is 5.82 Å². The van der Waals surface area contributed by atoms with E-state index in [2.05, 4.69) is 20.2 Å². The summed E-state index contributed by atoms with van der Waals surface area (Å²) in [7, 11) is 0. The van der Waals surface area contributed by atoms with E-state index in [0.717, 1.165) is 17.1 Å². The van der Waals surface area contributed by atoms with Gasteiger partial charge in [-0.2, -0.15) is 0 Å². The molecule has 0 aliphatic rings. The van der Waals surface area contributed by atoms with Crippen LogP contribution in [0.4, 0.5) is 0 Å². The second-order valence-corrected chi connectivity index (χ2v) is 8.96. The number of fused-ring (bicyclic) bond motifs is 1. The lowest BCUT2D eigenvalue weighted by atomic mass is 10.2. The fraction of sp³-hybridized carbons (Fsp3) is 0.0833. The quantitative estimate of drug-likeness (QED) is 0.342. The zero-order valence-corrected chi connectivity index (χ0v) is 18.6. The molecule has 1 unspecified atom stereocenters. The van der Waals surface area contributed by atoms with Crippen molar-refractivity contribution in [2.24, 2.45) is 0 Å². The molecule has 0 bridgehead atoms. The van der Waals surface area contributed by atoms with Gasteiger partial charge in [0.15, 0.2) is 11.0 Å². The number of nitrogens with zero attached hydrogens (tertiary/aromatic N) is 4. The van der Waals surface area contributed by atoms with E-state index in [9.17, 15) is 4.79 Å². The largest absolute Gasteiger partial charge is 0.309 e. The van der Waals surface area contributed by atoms with Crippen molar-refractivity contribution in [1.29, 1.82) is 0 Å². The summed E-state index contributed by atoms with van der Waals surface area (Å²) in [5.74, 6) is 1.31. The molecule has 5 rings (SSSR count). The number of H-pyrrole nitrogens is 1. The van der Waals surface area contributed by atoms with Crippen molar-refractivity contribution in [1.82, 2.24) is 24.7 Å². The summed E-state index contributed by atoms with van der Waals surface area (Å²) in [6.45, 7) is 1.99. The van der Waals surface area contributed by atoms with Crippen LogP contribution >= 0.6 is 23.4 Å². The first kappa shape index (κ1) is 20.5. The Kier molecular flexibility index (Phi) is 5.51.